The number of hydrogen-bond acceptors (Lipinski definition) is 2. The highest BCUT2D eigenvalue weighted by atomic mass is 35.5. The summed E-state index contributed by atoms with van der Waals surface area (Å²) in [7, 11) is 0. The van der Waals surface area contributed by atoms with E-state index in [4.69, 9.17) is 20.0 Å². The molecule has 1 fully saturated rings. The van der Waals surface area contributed by atoms with E-state index in [1.165, 1.54) is 12.8 Å². The smallest absolute Gasteiger partial charge is 0.168 e. The summed E-state index contributed by atoms with van der Waals surface area (Å²) in [6.07, 6.45) is 2.50. The summed E-state index contributed by atoms with van der Waals surface area (Å²) in [6.45, 7) is 0. The Morgan fingerprint density at radius 2 is 1.57 bits per heavy atom. The van der Waals surface area contributed by atoms with Gasteiger partial charge in [0.25, 0.3) is 0 Å². The summed E-state index contributed by atoms with van der Waals surface area (Å²) in [5, 5.41) is 0.556. The topological polar surface area (TPSA) is 34.1 Å². The van der Waals surface area contributed by atoms with Crippen LogP contribution in [-0.4, -0.2) is 13.8 Å². The first kappa shape index (κ1) is 7.11. The second-order valence-corrected chi connectivity index (χ2v) is 2.00. The van der Waals surface area contributed by atoms with Crippen LogP contribution in [0.15, 0.2) is 0 Å². The lowest BCUT2D eigenvalue weighted by Gasteiger charge is -1.50. The minimum atomic E-state index is -0.750. The van der Waals surface area contributed by atoms with Crippen molar-refractivity contribution in [1.29, 1.82) is 0 Å². The molecule has 0 radical (unpaired) electrons. The Balaban J connectivity index is 0.000000110. The van der Waals surface area contributed by atoms with Crippen molar-refractivity contribution in [2.45, 2.75) is 18.2 Å². The van der Waals surface area contributed by atoms with Crippen molar-refractivity contribution in [1.82, 2.24) is 0 Å². The minimum Gasteiger partial charge on any atom is -0.168 e. The Bertz CT molecular complexity index is 75.0. The van der Waals surface area contributed by atoms with Gasteiger partial charge in [-0.2, -0.15) is 8.42 Å². The van der Waals surface area contributed by atoms with E-state index in [9.17, 15) is 0 Å². The normalized spacial score (nSPS) is 16.7. The second-order valence-electron chi connectivity index (χ2n) is 1.24. The van der Waals surface area contributed by atoms with Gasteiger partial charge in [-0.25, -0.2) is 0 Å². The molecule has 0 unspecified atom stereocenters. The Morgan fingerprint density at radius 3 is 1.57 bits per heavy atom. The quantitative estimate of drug-likeness (QED) is 0.465. The van der Waals surface area contributed by atoms with Gasteiger partial charge in [0.2, 0.25) is 0 Å². The van der Waals surface area contributed by atoms with Crippen LogP contribution in [0.25, 0.3) is 0 Å². The van der Waals surface area contributed by atoms with Crippen molar-refractivity contribution in [2.24, 2.45) is 0 Å². The predicted octanol–water partition coefficient (Wildman–Crippen LogP) is 0.717. The molecule has 0 aromatic heterocycles. The average molecular weight is 141 g/mol. The third-order valence-electron chi connectivity index (χ3n) is 0.507. The van der Waals surface area contributed by atoms with Gasteiger partial charge in [0.1, 0.15) is 0 Å². The van der Waals surface area contributed by atoms with Gasteiger partial charge in [-0.15, -0.1) is 11.6 Å². The number of halogens is 1. The average Bonchev–Trinajstić information content (AvgIpc) is 2.25. The fourth-order valence-electron chi connectivity index (χ4n) is 0.0630. The summed E-state index contributed by atoms with van der Waals surface area (Å²) in [6, 6.07) is 0. The maximum absolute atomic E-state index is 8.29. The van der Waals surface area contributed by atoms with Gasteiger partial charge >= 0.3 is 11.6 Å². The molecule has 7 heavy (non-hydrogen) atoms. The van der Waals surface area contributed by atoms with Gasteiger partial charge < -0.3 is 0 Å². The largest absolute Gasteiger partial charge is 0.335 e. The molecule has 1 saturated carbocycles. The zero-order valence-corrected chi connectivity index (χ0v) is 5.17. The fourth-order valence-corrected chi connectivity index (χ4v) is 0.189. The van der Waals surface area contributed by atoms with Gasteiger partial charge in [-0.1, -0.05) is 0 Å². The molecule has 0 aliphatic heterocycles. The van der Waals surface area contributed by atoms with E-state index < -0.39 is 11.6 Å². The highest BCUT2D eigenvalue weighted by Gasteiger charge is 2.15. The van der Waals surface area contributed by atoms with Crippen LogP contribution in [0.4, 0.5) is 0 Å². The SMILES string of the molecule is ClC1CC1.O=S=O. The molecule has 0 amide bonds. The zero-order chi connectivity index (χ0) is 5.70. The lowest BCUT2D eigenvalue weighted by atomic mass is 11.0. The van der Waals surface area contributed by atoms with Gasteiger partial charge in [-0.05, 0) is 12.8 Å². The molecule has 0 aromatic rings. The molecule has 0 heterocycles. The summed E-state index contributed by atoms with van der Waals surface area (Å²) in [4.78, 5) is 0. The third kappa shape index (κ3) is 10.7. The summed E-state index contributed by atoms with van der Waals surface area (Å²) in [5.74, 6) is 0. The van der Waals surface area contributed by atoms with Crippen molar-refractivity contribution in [3.05, 3.63) is 0 Å². The van der Waals surface area contributed by atoms with E-state index in [-0.39, 0.29) is 0 Å². The van der Waals surface area contributed by atoms with E-state index in [1.54, 1.807) is 0 Å². The Morgan fingerprint density at radius 1 is 1.43 bits per heavy atom. The van der Waals surface area contributed by atoms with E-state index in [0.717, 1.165) is 0 Å². The molecule has 1 aliphatic carbocycles. The van der Waals surface area contributed by atoms with E-state index in [0.29, 0.717) is 5.38 Å². The lowest BCUT2D eigenvalue weighted by Crippen LogP contribution is -1.45. The maximum Gasteiger partial charge on any atom is 0.335 e. The molecule has 0 atom stereocenters. The first-order valence-electron chi connectivity index (χ1n) is 1.87. The van der Waals surface area contributed by atoms with Crippen LogP contribution >= 0.6 is 11.6 Å². The fraction of sp³-hybridized carbons (Fsp3) is 1.00. The molecule has 0 spiro atoms. The minimum absolute atomic E-state index is 0.556. The standard InChI is InChI=1S/C3H5Cl.O2S/c4-3-1-2-3;1-3-2/h3H,1-2H2;. The van der Waals surface area contributed by atoms with Crippen LogP contribution in [0.1, 0.15) is 12.8 Å². The monoisotopic (exact) mass is 140 g/mol. The summed E-state index contributed by atoms with van der Waals surface area (Å²) < 4.78 is 16.6. The molecule has 0 aromatic carbocycles. The van der Waals surface area contributed by atoms with Crippen molar-refractivity contribution < 1.29 is 8.42 Å². The Kier molecular flexibility index (Phi) is 4.34. The molecule has 42 valence electrons. The van der Waals surface area contributed by atoms with Gasteiger partial charge in [0, 0.05) is 5.38 Å². The zero-order valence-electron chi connectivity index (χ0n) is 3.59. The maximum atomic E-state index is 8.29. The van der Waals surface area contributed by atoms with Gasteiger partial charge in [-0.3, -0.25) is 0 Å². The van der Waals surface area contributed by atoms with Crippen LogP contribution in [0, 0.1) is 0 Å². The van der Waals surface area contributed by atoms with E-state index in [2.05, 4.69) is 0 Å². The molecular weight excluding hydrogens is 136 g/mol. The molecule has 0 N–H and O–H groups in total. The van der Waals surface area contributed by atoms with Crippen LogP contribution in [0.2, 0.25) is 0 Å². The van der Waals surface area contributed by atoms with Crippen molar-refractivity contribution in [3.63, 3.8) is 0 Å². The molecule has 0 saturated heterocycles. The molecule has 1 aliphatic rings. The molecule has 2 nitrogen and oxygen atoms in total. The van der Waals surface area contributed by atoms with Crippen LogP contribution < -0.4 is 0 Å². The number of rotatable bonds is 0. The first-order chi connectivity index (χ1) is 3.31. The van der Waals surface area contributed by atoms with Crippen LogP contribution in [0.5, 0.6) is 0 Å². The highest BCUT2D eigenvalue weighted by Crippen LogP contribution is 2.25. The Labute approximate surface area is 50.5 Å². The number of hydrogen-bond donors (Lipinski definition) is 0. The predicted molar refractivity (Wildman–Crippen MR) is 27.8 cm³/mol. The Hall–Kier alpha value is 0.110. The first-order valence-corrected chi connectivity index (χ1v) is 2.97. The lowest BCUT2D eigenvalue weighted by molar-refractivity contribution is 0.630. The molecular formula is C3H5ClO2S. The molecule has 0 bridgehead atoms. The van der Waals surface area contributed by atoms with Gasteiger partial charge in [0.15, 0.2) is 0 Å². The van der Waals surface area contributed by atoms with Crippen molar-refractivity contribution >= 4 is 23.2 Å². The van der Waals surface area contributed by atoms with E-state index in [1.807, 2.05) is 0 Å². The highest BCUT2D eigenvalue weighted by molar-refractivity contribution is 7.51. The second kappa shape index (κ2) is 4.27. The summed E-state index contributed by atoms with van der Waals surface area (Å²) >= 11 is 4.64. The van der Waals surface area contributed by atoms with E-state index >= 15 is 0 Å². The third-order valence-corrected chi connectivity index (χ3v) is 0.943. The molecule has 4 heteroatoms. The number of alkyl halides is 1. The summed E-state index contributed by atoms with van der Waals surface area (Å²) in [5.41, 5.74) is 0. The molecule has 1 rings (SSSR count). The van der Waals surface area contributed by atoms with Crippen LogP contribution in [-0.2, 0) is 11.6 Å². The van der Waals surface area contributed by atoms with Crippen molar-refractivity contribution in [2.75, 3.05) is 0 Å². The van der Waals surface area contributed by atoms with Crippen LogP contribution in [0.3, 0.4) is 0 Å². The van der Waals surface area contributed by atoms with Gasteiger partial charge in [0.05, 0.1) is 0 Å². The van der Waals surface area contributed by atoms with Crippen molar-refractivity contribution in [3.8, 4) is 0 Å².